The van der Waals surface area contributed by atoms with E-state index in [9.17, 15) is 4.79 Å². The van der Waals surface area contributed by atoms with E-state index in [0.717, 1.165) is 15.8 Å². The van der Waals surface area contributed by atoms with Crippen molar-refractivity contribution in [3.63, 3.8) is 0 Å². The highest BCUT2D eigenvalue weighted by Crippen LogP contribution is 2.16. The van der Waals surface area contributed by atoms with Crippen molar-refractivity contribution >= 4 is 29.0 Å². The number of fused-ring (bicyclic) bond motifs is 1. The molecule has 2 aromatic rings. The van der Waals surface area contributed by atoms with Gasteiger partial charge in [0.25, 0.3) is 0 Å². The van der Waals surface area contributed by atoms with Crippen LogP contribution in [0.2, 0.25) is 0 Å². The largest absolute Gasteiger partial charge is 0.480 e. The monoisotopic (exact) mass is 325 g/mol. The highest BCUT2D eigenvalue weighted by molar-refractivity contribution is 5.87. The van der Waals surface area contributed by atoms with Gasteiger partial charge in [0.05, 0.1) is 0 Å². The Bertz CT molecular complexity index is 783. The van der Waals surface area contributed by atoms with Gasteiger partial charge in [0.2, 0.25) is 0 Å². The van der Waals surface area contributed by atoms with Crippen molar-refractivity contribution in [2.45, 2.75) is 18.9 Å². The molecule has 6 nitrogen and oxygen atoms in total. The van der Waals surface area contributed by atoms with E-state index in [2.05, 4.69) is 17.1 Å². The fraction of sp³-hybridized carbons (Fsp3) is 0.222. The molecule has 24 heavy (non-hydrogen) atoms. The highest BCUT2D eigenvalue weighted by atomic mass is 16.4. The SMILES string of the molecule is N=[N+](N)CCC[C@H](N=C/C=C/c1ccc2ccccc2c1)C(=O)O. The number of aliphatic carboxylic acids is 1. The maximum Gasteiger partial charge on any atom is 0.328 e. The Kier molecular flexibility index (Phi) is 6.19. The van der Waals surface area contributed by atoms with Gasteiger partial charge in [0.15, 0.2) is 6.54 Å². The number of hydrogen-bond donors (Lipinski definition) is 3. The van der Waals surface area contributed by atoms with Gasteiger partial charge in [-0.05, 0) is 45.2 Å². The maximum atomic E-state index is 11.2. The summed E-state index contributed by atoms with van der Waals surface area (Å²) in [6, 6.07) is 13.4. The number of carboxylic acids is 1. The molecule has 0 aliphatic rings. The normalized spacial score (nSPS) is 12.8. The van der Waals surface area contributed by atoms with Gasteiger partial charge < -0.3 is 5.11 Å². The second-order valence-corrected chi connectivity index (χ2v) is 5.45. The second kappa shape index (κ2) is 8.57. The lowest BCUT2D eigenvalue weighted by Crippen LogP contribution is -2.22. The number of rotatable bonds is 8. The summed E-state index contributed by atoms with van der Waals surface area (Å²) < 4.78 is 0. The summed E-state index contributed by atoms with van der Waals surface area (Å²) >= 11 is 0. The zero-order chi connectivity index (χ0) is 17.4. The second-order valence-electron chi connectivity index (χ2n) is 5.45. The first-order valence-electron chi connectivity index (χ1n) is 7.71. The van der Waals surface area contributed by atoms with E-state index in [-0.39, 0.29) is 0 Å². The number of allylic oxidation sites excluding steroid dienone is 1. The van der Waals surface area contributed by atoms with Crippen molar-refractivity contribution in [3.05, 3.63) is 54.1 Å². The van der Waals surface area contributed by atoms with Crippen molar-refractivity contribution in [3.8, 4) is 0 Å². The van der Waals surface area contributed by atoms with Crippen molar-refractivity contribution in [1.82, 2.24) is 0 Å². The topological polar surface area (TPSA) is 103 Å². The van der Waals surface area contributed by atoms with Crippen LogP contribution in [0.4, 0.5) is 0 Å². The molecule has 0 heterocycles. The Labute approximate surface area is 140 Å². The van der Waals surface area contributed by atoms with Crippen LogP contribution in [0.5, 0.6) is 0 Å². The summed E-state index contributed by atoms with van der Waals surface area (Å²) in [5, 5.41) is 11.5. The highest BCUT2D eigenvalue weighted by Gasteiger charge is 2.15. The number of hydrazine groups is 1. The molecule has 0 bridgehead atoms. The molecule has 0 aromatic heterocycles. The van der Waals surface area contributed by atoms with Crippen LogP contribution in [0.25, 0.3) is 16.8 Å². The summed E-state index contributed by atoms with van der Waals surface area (Å²) in [6.07, 6.45) is 5.99. The number of hydrogen-bond acceptors (Lipinski definition) is 3. The standard InChI is InChI=1S/C18H20N4O2/c19-22(20)12-4-8-17(18(23)24)21-11-3-5-14-9-10-15-6-1-2-7-16(15)13-14/h1-3,5-7,9-11,13,17H,4,8,12H2,(H3-,19,20,23,24)/p+1/b5-3+,21-11?/t17-/m0/s1. The molecule has 2 aromatic carbocycles. The molecule has 2 rings (SSSR count). The fourth-order valence-corrected chi connectivity index (χ4v) is 2.34. The van der Waals surface area contributed by atoms with Crippen molar-refractivity contribution in [2.24, 2.45) is 10.8 Å². The molecule has 0 spiro atoms. The molecule has 1 atom stereocenters. The number of carboxylic acid groups (broad SMARTS) is 1. The van der Waals surface area contributed by atoms with Gasteiger partial charge in [0.1, 0.15) is 6.04 Å². The van der Waals surface area contributed by atoms with E-state index in [1.54, 1.807) is 6.08 Å². The van der Waals surface area contributed by atoms with Crippen molar-refractivity contribution < 1.29 is 14.7 Å². The minimum absolute atomic E-state index is 0.312. The molecule has 0 amide bonds. The molecule has 0 saturated carbocycles. The first-order chi connectivity index (χ1) is 11.6. The minimum atomic E-state index is -0.973. The molecule has 0 fully saturated rings. The van der Waals surface area contributed by atoms with Gasteiger partial charge in [-0.15, -0.1) is 0 Å². The number of aliphatic imine (C=N–C) groups is 1. The predicted octanol–water partition coefficient (Wildman–Crippen LogP) is 3.07. The Morgan fingerprint density at radius 2 is 2.04 bits per heavy atom. The molecule has 0 aliphatic carbocycles. The van der Waals surface area contributed by atoms with Crippen LogP contribution in [-0.4, -0.2) is 34.7 Å². The van der Waals surface area contributed by atoms with Crippen LogP contribution in [0.3, 0.4) is 0 Å². The predicted molar refractivity (Wildman–Crippen MR) is 94.2 cm³/mol. The lowest BCUT2D eigenvalue weighted by molar-refractivity contribution is -0.626. The van der Waals surface area contributed by atoms with E-state index < -0.39 is 12.0 Å². The van der Waals surface area contributed by atoms with Gasteiger partial charge in [-0.2, -0.15) is 5.84 Å². The molecule has 4 N–H and O–H groups in total. The van der Waals surface area contributed by atoms with E-state index in [1.165, 1.54) is 11.6 Å². The summed E-state index contributed by atoms with van der Waals surface area (Å²) in [7, 11) is 0. The van der Waals surface area contributed by atoms with Crippen LogP contribution in [0.15, 0.2) is 53.5 Å². The van der Waals surface area contributed by atoms with Crippen molar-refractivity contribution in [2.75, 3.05) is 6.54 Å². The Hall–Kier alpha value is -3.02. The van der Waals surface area contributed by atoms with Crippen LogP contribution in [0.1, 0.15) is 18.4 Å². The molecular weight excluding hydrogens is 304 g/mol. The summed E-state index contributed by atoms with van der Waals surface area (Å²) in [4.78, 5) is 16.0. The number of benzene rings is 2. The smallest absolute Gasteiger partial charge is 0.328 e. The average molecular weight is 325 g/mol. The number of carbonyl (C=O) groups is 1. The summed E-state index contributed by atoms with van der Waals surface area (Å²) in [5.41, 5.74) is 8.09. The maximum absolute atomic E-state index is 11.2. The number of nitrogens with one attached hydrogen (secondary N) is 1. The molecular formula is C18H21N4O2+. The first-order valence-corrected chi connectivity index (χ1v) is 7.71. The zero-order valence-electron chi connectivity index (χ0n) is 13.3. The van der Waals surface area contributed by atoms with E-state index >= 15 is 0 Å². The van der Waals surface area contributed by atoms with Gasteiger partial charge in [-0.25, -0.2) is 4.79 Å². The first kappa shape index (κ1) is 17.3. The van der Waals surface area contributed by atoms with Gasteiger partial charge >= 0.3 is 5.97 Å². The lowest BCUT2D eigenvalue weighted by Gasteiger charge is -2.04. The van der Waals surface area contributed by atoms with E-state index in [1.807, 2.05) is 36.4 Å². The average Bonchev–Trinajstić information content (AvgIpc) is 2.56. The molecule has 0 radical (unpaired) electrons. The Morgan fingerprint density at radius 1 is 1.29 bits per heavy atom. The summed E-state index contributed by atoms with van der Waals surface area (Å²) in [6.45, 7) is 0.312. The molecule has 0 aliphatic heterocycles. The third kappa shape index (κ3) is 5.31. The van der Waals surface area contributed by atoms with Crippen LogP contribution < -0.4 is 5.84 Å². The lowest BCUT2D eigenvalue weighted by atomic mass is 10.1. The molecule has 0 unspecified atom stereocenters. The van der Waals surface area contributed by atoms with Crippen LogP contribution in [-0.2, 0) is 4.79 Å². The van der Waals surface area contributed by atoms with Gasteiger partial charge in [-0.3, -0.25) is 4.99 Å². The number of nitrogens with zero attached hydrogens (tertiary/aromatic N) is 2. The Morgan fingerprint density at radius 3 is 2.75 bits per heavy atom. The van der Waals surface area contributed by atoms with Crippen LogP contribution in [0, 0.1) is 5.53 Å². The van der Waals surface area contributed by atoms with E-state index in [4.69, 9.17) is 16.5 Å². The quantitative estimate of drug-likeness (QED) is 0.228. The molecule has 0 saturated heterocycles. The van der Waals surface area contributed by atoms with Gasteiger partial charge in [-0.1, -0.05) is 42.5 Å². The third-order valence-corrected chi connectivity index (χ3v) is 3.58. The summed E-state index contributed by atoms with van der Waals surface area (Å²) in [5.74, 6) is 4.21. The van der Waals surface area contributed by atoms with E-state index in [0.29, 0.717) is 19.4 Å². The van der Waals surface area contributed by atoms with Crippen molar-refractivity contribution in [1.29, 1.82) is 5.53 Å². The van der Waals surface area contributed by atoms with Gasteiger partial charge in [0, 0.05) is 12.6 Å². The zero-order valence-corrected chi connectivity index (χ0v) is 13.3. The number of nitrogens with two attached hydrogens (primary N) is 1. The Balaban J connectivity index is 1.97. The fourth-order valence-electron chi connectivity index (χ4n) is 2.34. The molecule has 124 valence electrons. The third-order valence-electron chi connectivity index (χ3n) is 3.58. The molecule has 6 heteroatoms. The minimum Gasteiger partial charge on any atom is -0.480 e. The van der Waals surface area contributed by atoms with Crippen LogP contribution >= 0.6 is 0 Å².